The van der Waals surface area contributed by atoms with E-state index < -0.39 is 0 Å². The lowest BCUT2D eigenvalue weighted by Gasteiger charge is -2.17. The zero-order valence-electron chi connectivity index (χ0n) is 14.4. The first kappa shape index (κ1) is 19.9. The van der Waals surface area contributed by atoms with Crippen LogP contribution < -0.4 is 10.1 Å². The van der Waals surface area contributed by atoms with Crippen LogP contribution in [0.15, 0.2) is 46.4 Å². The standard InChI is InChI=1S/C19H18Cl2N2O3S/c20-16-6-5-15(12-17(16)21)27-26-22-9-1-2-10-25-14-4-7-18-13(11-14)3-8-19(24)23-18/h4-7,9,11-12H,1-3,8,10H2,(H,23,24). The number of amides is 1. The Bertz CT molecular complexity index is 846. The minimum atomic E-state index is 0.0648. The molecule has 142 valence electrons. The molecule has 27 heavy (non-hydrogen) atoms. The van der Waals surface area contributed by atoms with Gasteiger partial charge in [-0.15, -0.1) is 0 Å². The number of benzene rings is 2. The molecule has 0 aromatic heterocycles. The molecular formula is C19H18Cl2N2O3S. The number of anilines is 1. The summed E-state index contributed by atoms with van der Waals surface area (Å²) in [7, 11) is 0. The van der Waals surface area contributed by atoms with Crippen LogP contribution in [0.4, 0.5) is 5.69 Å². The van der Waals surface area contributed by atoms with Crippen molar-refractivity contribution in [2.24, 2.45) is 5.16 Å². The number of hydrogen-bond donors (Lipinski definition) is 1. The smallest absolute Gasteiger partial charge is 0.224 e. The summed E-state index contributed by atoms with van der Waals surface area (Å²) in [5, 5.41) is 7.74. The fourth-order valence-corrected chi connectivity index (χ4v) is 3.33. The van der Waals surface area contributed by atoms with Crippen LogP contribution >= 0.6 is 35.2 Å². The van der Waals surface area contributed by atoms with Gasteiger partial charge in [0.1, 0.15) is 17.8 Å². The number of unbranched alkanes of at least 4 members (excludes halogenated alkanes) is 1. The summed E-state index contributed by atoms with van der Waals surface area (Å²) in [6.45, 7) is 0.580. The SMILES string of the molecule is O=C1CCc2cc(OCCCC=NOSc3ccc(Cl)c(Cl)c3)ccc2N1. The second-order valence-electron chi connectivity index (χ2n) is 5.88. The summed E-state index contributed by atoms with van der Waals surface area (Å²) in [4.78, 5) is 12.2. The van der Waals surface area contributed by atoms with Gasteiger partial charge in [-0.2, -0.15) is 0 Å². The van der Waals surface area contributed by atoms with Crippen molar-refractivity contribution in [2.45, 2.75) is 30.6 Å². The molecule has 1 aliphatic rings. The van der Waals surface area contributed by atoms with Crippen LogP contribution in [-0.2, 0) is 15.5 Å². The van der Waals surface area contributed by atoms with Crippen LogP contribution in [0.2, 0.25) is 10.0 Å². The fourth-order valence-electron chi connectivity index (χ4n) is 2.49. The van der Waals surface area contributed by atoms with E-state index in [4.69, 9.17) is 32.2 Å². The van der Waals surface area contributed by atoms with Gasteiger partial charge in [-0.3, -0.25) is 4.79 Å². The monoisotopic (exact) mass is 424 g/mol. The van der Waals surface area contributed by atoms with E-state index in [-0.39, 0.29) is 5.91 Å². The molecule has 5 nitrogen and oxygen atoms in total. The van der Waals surface area contributed by atoms with E-state index in [9.17, 15) is 4.79 Å². The average Bonchev–Trinajstić information content (AvgIpc) is 2.66. The molecule has 8 heteroatoms. The number of fused-ring (bicyclic) bond motifs is 1. The van der Waals surface area contributed by atoms with E-state index >= 15 is 0 Å². The number of nitrogens with zero attached hydrogens (tertiary/aromatic N) is 1. The summed E-state index contributed by atoms with van der Waals surface area (Å²) < 4.78 is 10.9. The van der Waals surface area contributed by atoms with Gasteiger partial charge in [0, 0.05) is 18.3 Å². The van der Waals surface area contributed by atoms with Crippen molar-refractivity contribution in [3.8, 4) is 5.75 Å². The third-order valence-electron chi connectivity index (χ3n) is 3.86. The van der Waals surface area contributed by atoms with Crippen molar-refractivity contribution in [3.05, 3.63) is 52.0 Å². The number of nitrogens with one attached hydrogen (secondary N) is 1. The summed E-state index contributed by atoms with van der Waals surface area (Å²) in [6.07, 6.45) is 4.53. The van der Waals surface area contributed by atoms with Crippen LogP contribution in [0, 0.1) is 0 Å². The summed E-state index contributed by atoms with van der Waals surface area (Å²) in [5.74, 6) is 0.878. The Balaban J connectivity index is 1.33. The van der Waals surface area contributed by atoms with Gasteiger partial charge in [-0.25, -0.2) is 0 Å². The molecule has 1 N–H and O–H groups in total. The Labute approximate surface area is 172 Å². The maximum atomic E-state index is 11.4. The van der Waals surface area contributed by atoms with Crippen molar-refractivity contribution in [1.29, 1.82) is 0 Å². The lowest BCUT2D eigenvalue weighted by Crippen LogP contribution is -2.18. The summed E-state index contributed by atoms with van der Waals surface area (Å²) >= 11 is 12.9. The second kappa shape index (κ2) is 9.88. The third kappa shape index (κ3) is 6.06. The molecular weight excluding hydrogens is 407 g/mol. The van der Waals surface area contributed by atoms with Crippen molar-refractivity contribution in [2.75, 3.05) is 11.9 Å². The maximum absolute atomic E-state index is 11.4. The van der Waals surface area contributed by atoms with E-state index in [1.807, 2.05) is 24.3 Å². The van der Waals surface area contributed by atoms with Crippen LogP contribution in [0.25, 0.3) is 0 Å². The number of hydrogen-bond acceptors (Lipinski definition) is 5. The van der Waals surface area contributed by atoms with Gasteiger partial charge in [-0.05, 0) is 61.2 Å². The van der Waals surface area contributed by atoms with E-state index in [0.717, 1.165) is 53.2 Å². The number of aryl methyl sites for hydroxylation is 1. The number of carbonyl (C=O) groups is 1. The summed E-state index contributed by atoms with van der Waals surface area (Å²) in [5.41, 5.74) is 1.99. The zero-order chi connectivity index (χ0) is 19.1. The van der Waals surface area contributed by atoms with Gasteiger partial charge in [0.05, 0.1) is 21.5 Å². The highest BCUT2D eigenvalue weighted by atomic mass is 35.5. The Morgan fingerprint density at radius 3 is 2.89 bits per heavy atom. The molecule has 0 spiro atoms. The van der Waals surface area contributed by atoms with Gasteiger partial charge in [0.2, 0.25) is 5.91 Å². The van der Waals surface area contributed by atoms with Crippen LogP contribution in [0.5, 0.6) is 5.75 Å². The topological polar surface area (TPSA) is 59.9 Å². The molecule has 0 unspecified atom stereocenters. The molecule has 0 bridgehead atoms. The predicted molar refractivity (Wildman–Crippen MR) is 110 cm³/mol. The fraction of sp³-hybridized carbons (Fsp3) is 0.263. The molecule has 0 atom stereocenters. The first-order valence-electron chi connectivity index (χ1n) is 8.48. The molecule has 2 aromatic rings. The highest BCUT2D eigenvalue weighted by molar-refractivity contribution is 7.94. The molecule has 0 radical (unpaired) electrons. The molecule has 2 aromatic carbocycles. The zero-order valence-corrected chi connectivity index (χ0v) is 16.7. The van der Waals surface area contributed by atoms with Crippen LogP contribution in [0.3, 0.4) is 0 Å². The molecule has 1 aliphatic heterocycles. The van der Waals surface area contributed by atoms with E-state index in [1.165, 1.54) is 0 Å². The van der Waals surface area contributed by atoms with Crippen molar-refractivity contribution in [1.82, 2.24) is 0 Å². The molecule has 0 fully saturated rings. The average molecular weight is 425 g/mol. The van der Waals surface area contributed by atoms with Crippen LogP contribution in [0.1, 0.15) is 24.8 Å². The highest BCUT2D eigenvalue weighted by Crippen LogP contribution is 2.29. The number of ether oxygens (including phenoxy) is 1. The van der Waals surface area contributed by atoms with Gasteiger partial charge in [0.25, 0.3) is 0 Å². The van der Waals surface area contributed by atoms with Crippen molar-refractivity contribution >= 4 is 53.1 Å². The Hall–Kier alpha value is -1.89. The Morgan fingerprint density at radius 1 is 1.15 bits per heavy atom. The molecule has 3 rings (SSSR count). The Morgan fingerprint density at radius 2 is 2.04 bits per heavy atom. The van der Waals surface area contributed by atoms with Crippen LogP contribution in [-0.4, -0.2) is 18.7 Å². The number of rotatable bonds is 8. The Kier molecular flexibility index (Phi) is 7.26. The lowest BCUT2D eigenvalue weighted by atomic mass is 10.0. The quantitative estimate of drug-likeness (QED) is 0.253. The number of halogens is 2. The lowest BCUT2D eigenvalue weighted by molar-refractivity contribution is -0.116. The predicted octanol–water partition coefficient (Wildman–Crippen LogP) is 5.75. The molecule has 0 aliphatic carbocycles. The van der Waals surface area contributed by atoms with Gasteiger partial charge >= 0.3 is 0 Å². The molecule has 0 saturated heterocycles. The highest BCUT2D eigenvalue weighted by Gasteiger charge is 2.14. The second-order valence-corrected chi connectivity index (χ2v) is 7.48. The molecule has 1 amide bonds. The van der Waals surface area contributed by atoms with E-state index in [0.29, 0.717) is 23.1 Å². The van der Waals surface area contributed by atoms with E-state index in [2.05, 4.69) is 10.5 Å². The first-order valence-corrected chi connectivity index (χ1v) is 9.98. The van der Waals surface area contributed by atoms with Crippen molar-refractivity contribution in [3.63, 3.8) is 0 Å². The third-order valence-corrected chi connectivity index (χ3v) is 5.21. The normalized spacial score (nSPS) is 13.3. The number of carbonyl (C=O) groups excluding carboxylic acids is 1. The van der Waals surface area contributed by atoms with Gasteiger partial charge in [-0.1, -0.05) is 28.4 Å². The minimum Gasteiger partial charge on any atom is -0.494 e. The van der Waals surface area contributed by atoms with Gasteiger partial charge < -0.3 is 14.3 Å². The maximum Gasteiger partial charge on any atom is 0.224 e. The molecule has 1 heterocycles. The van der Waals surface area contributed by atoms with Crippen molar-refractivity contribution < 1.29 is 13.8 Å². The minimum absolute atomic E-state index is 0.0648. The molecule has 0 saturated carbocycles. The summed E-state index contributed by atoms with van der Waals surface area (Å²) in [6, 6.07) is 11.0. The number of oxime groups is 1. The van der Waals surface area contributed by atoms with Gasteiger partial charge in [0.15, 0.2) is 0 Å². The largest absolute Gasteiger partial charge is 0.494 e. The first-order chi connectivity index (χ1) is 13.1. The van der Waals surface area contributed by atoms with E-state index in [1.54, 1.807) is 18.3 Å².